The molecule has 1 aliphatic heterocycles. The SMILES string of the molecule is O=C1NCC(c2cc([C@H]3C[C@@H]3c3ccc4cnn(CC(F)(F)F)c4c3F)c3nccn3n2)C(=O)N1. The molecule has 3 atom stereocenters. The fourth-order valence-electron chi connectivity index (χ4n) is 4.78. The highest BCUT2D eigenvalue weighted by molar-refractivity contribution is 6.00. The number of nitrogens with one attached hydrogen (secondary N) is 2. The monoisotopic (exact) mass is 487 g/mol. The van der Waals surface area contributed by atoms with Gasteiger partial charge in [0, 0.05) is 29.9 Å². The number of hydrogen-bond donors (Lipinski definition) is 2. The molecular weight excluding hydrogens is 470 g/mol. The summed E-state index contributed by atoms with van der Waals surface area (Å²) < 4.78 is 56.5. The van der Waals surface area contributed by atoms with Gasteiger partial charge in [0.2, 0.25) is 5.91 Å². The summed E-state index contributed by atoms with van der Waals surface area (Å²) in [4.78, 5) is 28.1. The van der Waals surface area contributed by atoms with Crippen molar-refractivity contribution in [3.8, 4) is 0 Å². The number of benzene rings is 1. The second-order valence-electron chi connectivity index (χ2n) is 8.74. The first kappa shape index (κ1) is 21.5. The molecule has 1 aliphatic carbocycles. The second-order valence-corrected chi connectivity index (χ2v) is 8.74. The maximum atomic E-state index is 15.5. The molecule has 0 bridgehead atoms. The molecule has 1 unspecified atom stereocenters. The number of urea groups is 1. The van der Waals surface area contributed by atoms with Crippen LogP contribution in [-0.2, 0) is 11.3 Å². The largest absolute Gasteiger partial charge is 0.408 e. The lowest BCUT2D eigenvalue weighted by atomic mass is 9.98. The van der Waals surface area contributed by atoms with E-state index in [1.807, 2.05) is 0 Å². The first-order valence-corrected chi connectivity index (χ1v) is 10.8. The molecule has 1 aromatic carbocycles. The van der Waals surface area contributed by atoms with Gasteiger partial charge >= 0.3 is 12.2 Å². The van der Waals surface area contributed by atoms with Gasteiger partial charge in [-0.2, -0.15) is 23.4 Å². The molecule has 13 heteroatoms. The number of nitrogens with zero attached hydrogens (tertiary/aromatic N) is 5. The fraction of sp³-hybridized carbons (Fsp3) is 0.318. The topological polar surface area (TPSA) is 106 Å². The van der Waals surface area contributed by atoms with Crippen molar-refractivity contribution in [2.45, 2.75) is 36.9 Å². The van der Waals surface area contributed by atoms with Crippen LogP contribution in [0, 0.1) is 5.82 Å². The predicted octanol–water partition coefficient (Wildman–Crippen LogP) is 2.97. The summed E-state index contributed by atoms with van der Waals surface area (Å²) in [5.74, 6) is -2.37. The Balaban J connectivity index is 1.37. The number of carbonyl (C=O) groups is 2. The van der Waals surface area contributed by atoms with E-state index in [1.54, 1.807) is 30.6 Å². The van der Waals surface area contributed by atoms with Gasteiger partial charge in [-0.25, -0.2) is 18.7 Å². The van der Waals surface area contributed by atoms with E-state index in [9.17, 15) is 22.8 Å². The molecule has 3 aromatic heterocycles. The van der Waals surface area contributed by atoms with Crippen molar-refractivity contribution >= 4 is 28.5 Å². The summed E-state index contributed by atoms with van der Waals surface area (Å²) in [5, 5.41) is 13.2. The number of imidazole rings is 1. The van der Waals surface area contributed by atoms with E-state index in [0.29, 0.717) is 33.4 Å². The molecule has 35 heavy (non-hydrogen) atoms. The molecule has 1 saturated carbocycles. The van der Waals surface area contributed by atoms with Gasteiger partial charge in [-0.3, -0.25) is 14.8 Å². The van der Waals surface area contributed by atoms with E-state index in [4.69, 9.17) is 0 Å². The minimum atomic E-state index is -4.53. The Kier molecular flexibility index (Phi) is 4.60. The number of hydrogen-bond acceptors (Lipinski definition) is 5. The van der Waals surface area contributed by atoms with Gasteiger partial charge in [0.05, 0.1) is 17.8 Å². The molecule has 2 fully saturated rings. The second kappa shape index (κ2) is 7.48. The van der Waals surface area contributed by atoms with Crippen LogP contribution in [-0.4, -0.2) is 49.0 Å². The molecule has 180 valence electrons. The Morgan fingerprint density at radius 3 is 2.71 bits per heavy atom. The van der Waals surface area contributed by atoms with Crippen molar-refractivity contribution in [3.05, 3.63) is 59.4 Å². The summed E-state index contributed by atoms with van der Waals surface area (Å²) in [5.41, 5.74) is 1.84. The predicted molar refractivity (Wildman–Crippen MR) is 113 cm³/mol. The van der Waals surface area contributed by atoms with Crippen molar-refractivity contribution in [3.63, 3.8) is 0 Å². The quantitative estimate of drug-likeness (QED) is 0.431. The minimum absolute atomic E-state index is 0.0832. The summed E-state index contributed by atoms with van der Waals surface area (Å²) in [7, 11) is 0. The number of imide groups is 1. The average Bonchev–Trinajstić information content (AvgIpc) is 3.22. The number of aromatic nitrogens is 5. The lowest BCUT2D eigenvalue weighted by Gasteiger charge is -2.22. The van der Waals surface area contributed by atoms with E-state index in [0.717, 1.165) is 5.56 Å². The van der Waals surface area contributed by atoms with Crippen LogP contribution < -0.4 is 10.6 Å². The van der Waals surface area contributed by atoms with Gasteiger partial charge in [0.1, 0.15) is 12.1 Å². The molecule has 9 nitrogen and oxygen atoms in total. The highest BCUT2D eigenvalue weighted by Crippen LogP contribution is 2.56. The van der Waals surface area contributed by atoms with Crippen LogP contribution in [0.1, 0.15) is 41.0 Å². The number of halogens is 4. The minimum Gasteiger partial charge on any atom is -0.337 e. The van der Waals surface area contributed by atoms with Crippen LogP contribution in [0.5, 0.6) is 0 Å². The molecule has 4 heterocycles. The van der Waals surface area contributed by atoms with Crippen molar-refractivity contribution < 1.29 is 27.2 Å². The normalized spacial score (nSPS) is 22.5. The number of alkyl halides is 3. The van der Waals surface area contributed by atoms with E-state index >= 15 is 4.39 Å². The maximum absolute atomic E-state index is 15.5. The van der Waals surface area contributed by atoms with Gasteiger partial charge < -0.3 is 5.32 Å². The van der Waals surface area contributed by atoms with Crippen molar-refractivity contribution in [2.75, 3.05) is 6.54 Å². The molecule has 0 radical (unpaired) electrons. The zero-order valence-electron chi connectivity index (χ0n) is 17.9. The number of amides is 3. The molecule has 2 aliphatic rings. The summed E-state index contributed by atoms with van der Waals surface area (Å²) in [6.45, 7) is -1.30. The van der Waals surface area contributed by atoms with Gasteiger partial charge in [0.25, 0.3) is 0 Å². The lowest BCUT2D eigenvalue weighted by molar-refractivity contribution is -0.141. The maximum Gasteiger partial charge on any atom is 0.408 e. The zero-order chi connectivity index (χ0) is 24.5. The first-order chi connectivity index (χ1) is 16.7. The van der Waals surface area contributed by atoms with Crippen LogP contribution in [0.25, 0.3) is 16.6 Å². The molecule has 1 saturated heterocycles. The average molecular weight is 487 g/mol. The number of carbonyl (C=O) groups excluding carboxylic acids is 2. The van der Waals surface area contributed by atoms with E-state index in [2.05, 4.69) is 25.8 Å². The van der Waals surface area contributed by atoms with Gasteiger partial charge in [0.15, 0.2) is 11.5 Å². The molecule has 2 N–H and O–H groups in total. The smallest absolute Gasteiger partial charge is 0.337 e. The van der Waals surface area contributed by atoms with E-state index in [1.165, 1.54) is 10.7 Å². The third kappa shape index (κ3) is 3.67. The van der Waals surface area contributed by atoms with Crippen LogP contribution in [0.2, 0.25) is 0 Å². The number of rotatable bonds is 4. The van der Waals surface area contributed by atoms with Gasteiger partial charge in [-0.15, -0.1) is 0 Å². The first-order valence-electron chi connectivity index (χ1n) is 10.8. The zero-order valence-corrected chi connectivity index (χ0v) is 17.9. The highest BCUT2D eigenvalue weighted by Gasteiger charge is 2.44. The standard InChI is InChI=1S/C22H17F4N7O2/c23-17-11(2-1-10-7-29-33(18(10)17)9-22(24,25)26)12-5-13(12)14-6-16(31-32-4-3-27-19(14)32)15-8-28-21(35)30-20(15)34/h1-4,6-7,12-13,15H,5,8-9H2,(H2,28,30,34,35)/t12-,13+,15?/m1/s1. The Morgan fingerprint density at radius 1 is 1.14 bits per heavy atom. The summed E-state index contributed by atoms with van der Waals surface area (Å²) >= 11 is 0. The molecule has 4 aromatic rings. The van der Waals surface area contributed by atoms with Crippen molar-refractivity contribution in [1.82, 2.24) is 35.0 Å². The molecule has 3 amide bonds. The van der Waals surface area contributed by atoms with E-state index in [-0.39, 0.29) is 23.9 Å². The highest BCUT2D eigenvalue weighted by atomic mass is 19.4. The lowest BCUT2D eigenvalue weighted by Crippen LogP contribution is -2.51. The Hall–Kier alpha value is -4.03. The fourth-order valence-corrected chi connectivity index (χ4v) is 4.78. The van der Waals surface area contributed by atoms with Crippen LogP contribution in [0.15, 0.2) is 36.8 Å². The van der Waals surface area contributed by atoms with E-state index < -0.39 is 36.4 Å². The Morgan fingerprint density at radius 2 is 1.94 bits per heavy atom. The van der Waals surface area contributed by atoms with Crippen molar-refractivity contribution in [2.24, 2.45) is 0 Å². The van der Waals surface area contributed by atoms with Gasteiger partial charge in [-0.05, 0) is 29.9 Å². The Labute approximate surface area is 194 Å². The Bertz CT molecular complexity index is 1510. The number of fused-ring (bicyclic) bond motifs is 2. The summed E-state index contributed by atoms with van der Waals surface area (Å²) in [6.07, 6.45) is 0.415. The van der Waals surface area contributed by atoms with Crippen LogP contribution in [0.3, 0.4) is 0 Å². The van der Waals surface area contributed by atoms with Crippen molar-refractivity contribution in [1.29, 1.82) is 0 Å². The third-order valence-electron chi connectivity index (χ3n) is 6.47. The molecule has 0 spiro atoms. The molecular formula is C22H17F4N7O2. The van der Waals surface area contributed by atoms with Crippen LogP contribution in [0.4, 0.5) is 22.4 Å². The van der Waals surface area contributed by atoms with Gasteiger partial charge in [-0.1, -0.05) is 12.1 Å². The third-order valence-corrected chi connectivity index (χ3v) is 6.47. The molecule has 6 rings (SSSR count). The summed E-state index contributed by atoms with van der Waals surface area (Å²) in [6, 6.07) is 4.31. The van der Waals surface area contributed by atoms with Crippen LogP contribution >= 0.6 is 0 Å².